The van der Waals surface area contributed by atoms with Crippen molar-refractivity contribution in [3.05, 3.63) is 28.2 Å². The molecule has 0 bridgehead atoms. The Morgan fingerprint density at radius 1 is 1.33 bits per heavy atom. The highest BCUT2D eigenvalue weighted by atomic mass is 16.6. The first kappa shape index (κ1) is 15.5. The standard InChI is InChI=1S/C11H15N3O7/c15-3-5-8(17)9(18)7(11(20)21-5)12-10(19)4-1-2-6(16)14-13-4/h1-2,5,7-9,11,15,17-18,20H,3H2,(H,12,19)(H,14,16)/t5-,7?,8?,9-,11?/m1/s1. The molecule has 1 aromatic heterocycles. The number of H-pyrrole nitrogens is 1. The zero-order chi connectivity index (χ0) is 15.6. The summed E-state index contributed by atoms with van der Waals surface area (Å²) in [6.07, 6.45) is -5.80. The van der Waals surface area contributed by atoms with Crippen LogP contribution in [0.2, 0.25) is 0 Å². The number of aliphatic hydroxyl groups is 4. The fourth-order valence-corrected chi connectivity index (χ4v) is 1.95. The molecule has 1 amide bonds. The third-order valence-electron chi connectivity index (χ3n) is 3.11. The molecule has 0 aliphatic carbocycles. The van der Waals surface area contributed by atoms with Gasteiger partial charge in [-0.05, 0) is 6.07 Å². The zero-order valence-electron chi connectivity index (χ0n) is 10.7. The van der Waals surface area contributed by atoms with Gasteiger partial charge in [0.15, 0.2) is 6.29 Å². The van der Waals surface area contributed by atoms with E-state index in [0.29, 0.717) is 0 Å². The Labute approximate surface area is 118 Å². The van der Waals surface area contributed by atoms with Crippen LogP contribution in [-0.2, 0) is 4.74 Å². The topological polar surface area (TPSA) is 165 Å². The number of ether oxygens (including phenoxy) is 1. The van der Waals surface area contributed by atoms with Gasteiger partial charge in [-0.25, -0.2) is 5.10 Å². The molecule has 10 nitrogen and oxygen atoms in total. The Kier molecular flexibility index (Phi) is 4.65. The molecule has 0 saturated carbocycles. The molecule has 0 spiro atoms. The van der Waals surface area contributed by atoms with E-state index in [2.05, 4.69) is 15.5 Å². The lowest BCUT2D eigenvalue weighted by atomic mass is 9.97. The maximum atomic E-state index is 11.9. The van der Waals surface area contributed by atoms with E-state index >= 15 is 0 Å². The summed E-state index contributed by atoms with van der Waals surface area (Å²) in [7, 11) is 0. The summed E-state index contributed by atoms with van der Waals surface area (Å²) in [5.74, 6) is -0.785. The highest BCUT2D eigenvalue weighted by Crippen LogP contribution is 2.19. The first-order chi connectivity index (χ1) is 9.93. The van der Waals surface area contributed by atoms with Crippen molar-refractivity contribution < 1.29 is 30.0 Å². The van der Waals surface area contributed by atoms with Crippen molar-refractivity contribution in [2.45, 2.75) is 30.6 Å². The number of carbonyl (C=O) groups excluding carboxylic acids is 1. The Morgan fingerprint density at radius 3 is 2.62 bits per heavy atom. The van der Waals surface area contributed by atoms with E-state index in [1.54, 1.807) is 0 Å². The van der Waals surface area contributed by atoms with Crippen LogP contribution in [0, 0.1) is 0 Å². The monoisotopic (exact) mass is 301 g/mol. The molecule has 10 heteroatoms. The number of carbonyl (C=O) groups is 1. The van der Waals surface area contributed by atoms with Crippen molar-refractivity contribution >= 4 is 5.91 Å². The smallest absolute Gasteiger partial charge is 0.272 e. The number of amides is 1. The normalized spacial score (nSPS) is 32.7. The zero-order valence-corrected chi connectivity index (χ0v) is 10.7. The summed E-state index contributed by atoms with van der Waals surface area (Å²) >= 11 is 0. The number of nitrogens with one attached hydrogen (secondary N) is 2. The lowest BCUT2D eigenvalue weighted by molar-refractivity contribution is -0.252. The number of rotatable bonds is 3. The van der Waals surface area contributed by atoms with Crippen molar-refractivity contribution in [2.75, 3.05) is 6.61 Å². The van der Waals surface area contributed by atoms with E-state index in [4.69, 9.17) is 9.84 Å². The molecule has 1 saturated heterocycles. The quantitative estimate of drug-likeness (QED) is 0.332. The molecule has 1 aromatic rings. The SMILES string of the molecule is O=C(NC1C(O)O[C@H](CO)C(O)[C@@H]1O)c1ccc(=O)[nH]n1. The van der Waals surface area contributed by atoms with Gasteiger partial charge in [-0.3, -0.25) is 9.59 Å². The summed E-state index contributed by atoms with van der Waals surface area (Å²) in [5.41, 5.74) is -0.637. The first-order valence-corrected chi connectivity index (χ1v) is 6.11. The van der Waals surface area contributed by atoms with Crippen LogP contribution in [0.25, 0.3) is 0 Å². The molecule has 0 radical (unpaired) electrons. The maximum absolute atomic E-state index is 11.9. The van der Waals surface area contributed by atoms with Crippen LogP contribution in [0.1, 0.15) is 10.5 Å². The Morgan fingerprint density at radius 2 is 2.05 bits per heavy atom. The van der Waals surface area contributed by atoms with Gasteiger partial charge in [-0.15, -0.1) is 0 Å². The highest BCUT2D eigenvalue weighted by molar-refractivity contribution is 5.92. The molecule has 6 N–H and O–H groups in total. The van der Waals surface area contributed by atoms with E-state index in [0.717, 1.165) is 12.1 Å². The van der Waals surface area contributed by atoms with Crippen molar-refractivity contribution in [3.63, 3.8) is 0 Å². The van der Waals surface area contributed by atoms with Gasteiger partial charge in [0.1, 0.15) is 30.0 Å². The molecule has 5 atom stereocenters. The van der Waals surface area contributed by atoms with E-state index in [1.807, 2.05) is 0 Å². The molecule has 2 rings (SSSR count). The number of hydrogen-bond acceptors (Lipinski definition) is 8. The van der Waals surface area contributed by atoms with Crippen LogP contribution >= 0.6 is 0 Å². The van der Waals surface area contributed by atoms with Gasteiger partial charge in [-0.2, -0.15) is 5.10 Å². The summed E-state index contributed by atoms with van der Waals surface area (Å²) in [6, 6.07) is 0.927. The average Bonchev–Trinajstić information content (AvgIpc) is 2.47. The molecule has 21 heavy (non-hydrogen) atoms. The predicted octanol–water partition coefficient (Wildman–Crippen LogP) is -3.70. The molecular weight excluding hydrogens is 286 g/mol. The van der Waals surface area contributed by atoms with Gasteiger partial charge >= 0.3 is 0 Å². The van der Waals surface area contributed by atoms with E-state index in [-0.39, 0.29) is 5.69 Å². The summed E-state index contributed by atoms with van der Waals surface area (Å²) in [4.78, 5) is 22.7. The van der Waals surface area contributed by atoms with Crippen molar-refractivity contribution in [2.24, 2.45) is 0 Å². The van der Waals surface area contributed by atoms with Crippen LogP contribution in [0.5, 0.6) is 0 Å². The van der Waals surface area contributed by atoms with Crippen molar-refractivity contribution in [1.29, 1.82) is 0 Å². The lowest BCUT2D eigenvalue weighted by Gasteiger charge is -2.40. The Bertz CT molecular complexity index is 542. The molecule has 1 aliphatic heterocycles. The third kappa shape index (κ3) is 3.25. The minimum Gasteiger partial charge on any atom is -0.394 e. The van der Waals surface area contributed by atoms with Crippen molar-refractivity contribution in [1.82, 2.24) is 15.5 Å². The average molecular weight is 301 g/mol. The maximum Gasteiger partial charge on any atom is 0.272 e. The van der Waals surface area contributed by atoms with Gasteiger partial charge in [0.25, 0.3) is 11.5 Å². The first-order valence-electron chi connectivity index (χ1n) is 6.11. The largest absolute Gasteiger partial charge is 0.394 e. The second-order valence-electron chi connectivity index (χ2n) is 4.53. The number of aliphatic hydroxyl groups excluding tert-OH is 4. The molecule has 0 aromatic carbocycles. The molecule has 3 unspecified atom stereocenters. The molecule has 1 aliphatic rings. The summed E-state index contributed by atoms with van der Waals surface area (Å²) < 4.78 is 4.89. The van der Waals surface area contributed by atoms with Crippen LogP contribution in [0.4, 0.5) is 0 Å². The van der Waals surface area contributed by atoms with E-state index in [1.165, 1.54) is 0 Å². The van der Waals surface area contributed by atoms with Gasteiger partial charge in [0.2, 0.25) is 0 Å². The predicted molar refractivity (Wildman–Crippen MR) is 66.1 cm³/mol. The Balaban J connectivity index is 2.09. The van der Waals surface area contributed by atoms with E-state index < -0.39 is 48.7 Å². The second kappa shape index (κ2) is 6.28. The minimum atomic E-state index is -1.62. The van der Waals surface area contributed by atoms with Crippen LogP contribution in [0.3, 0.4) is 0 Å². The van der Waals surface area contributed by atoms with Gasteiger partial charge in [0, 0.05) is 6.07 Å². The number of aromatic nitrogens is 2. The minimum absolute atomic E-state index is 0.146. The lowest BCUT2D eigenvalue weighted by Crippen LogP contribution is -2.64. The Hall–Kier alpha value is -1.85. The van der Waals surface area contributed by atoms with Crippen LogP contribution < -0.4 is 10.9 Å². The summed E-state index contributed by atoms with van der Waals surface area (Å²) in [6.45, 7) is -0.600. The summed E-state index contributed by atoms with van der Waals surface area (Å²) in [5, 5.41) is 46.0. The van der Waals surface area contributed by atoms with Crippen molar-refractivity contribution in [3.8, 4) is 0 Å². The molecule has 1 fully saturated rings. The van der Waals surface area contributed by atoms with Crippen LogP contribution in [-0.4, -0.2) is 73.8 Å². The third-order valence-corrected chi connectivity index (χ3v) is 3.11. The number of hydrogen-bond donors (Lipinski definition) is 6. The highest BCUT2D eigenvalue weighted by Gasteiger charge is 2.44. The molecule has 116 valence electrons. The molecule has 2 heterocycles. The van der Waals surface area contributed by atoms with E-state index in [9.17, 15) is 24.9 Å². The van der Waals surface area contributed by atoms with Gasteiger partial charge in [-0.1, -0.05) is 0 Å². The van der Waals surface area contributed by atoms with Gasteiger partial charge in [0.05, 0.1) is 6.61 Å². The van der Waals surface area contributed by atoms with Crippen LogP contribution in [0.15, 0.2) is 16.9 Å². The fraction of sp³-hybridized carbons (Fsp3) is 0.545. The second-order valence-corrected chi connectivity index (χ2v) is 4.53. The van der Waals surface area contributed by atoms with Gasteiger partial charge < -0.3 is 30.5 Å². The molecular formula is C11H15N3O7. The number of aromatic amines is 1. The fourth-order valence-electron chi connectivity index (χ4n) is 1.95. The number of nitrogens with zero attached hydrogens (tertiary/aromatic N) is 1.